The molecule has 0 radical (unpaired) electrons. The Balaban J connectivity index is 2.22. The lowest BCUT2D eigenvalue weighted by atomic mass is 10.0. The number of nitrogens with two attached hydrogens (primary N) is 1. The van der Waals surface area contributed by atoms with Crippen LogP contribution in [0, 0.1) is 0 Å². The van der Waals surface area contributed by atoms with E-state index in [2.05, 4.69) is 49.1 Å². The highest BCUT2D eigenvalue weighted by Crippen LogP contribution is 2.38. The minimum absolute atomic E-state index is 0.0425. The summed E-state index contributed by atoms with van der Waals surface area (Å²) in [6.45, 7) is 12.3. The standard InChI is InChI=1S/C17H30N4O3Si/c1-17(2,3)25(4,5)24-13-8-12(20-16(22)23)10-21(11-13)15-6-7-19-9-14(15)18/h6-7,9,12-13,20H,8,10-11,18H2,1-5H3,(H,22,23). The number of pyridine rings is 1. The van der Waals surface area contributed by atoms with E-state index < -0.39 is 14.4 Å². The number of aromatic nitrogens is 1. The number of piperidine rings is 1. The van der Waals surface area contributed by atoms with Gasteiger partial charge in [0.1, 0.15) is 0 Å². The normalized spacial score (nSPS) is 21.9. The molecule has 4 N–H and O–H groups in total. The third kappa shape index (κ3) is 4.85. The number of carboxylic acid groups (broad SMARTS) is 1. The number of nitrogens with one attached hydrogen (secondary N) is 1. The predicted octanol–water partition coefficient (Wildman–Crippen LogP) is 2.90. The van der Waals surface area contributed by atoms with Gasteiger partial charge in [-0.1, -0.05) is 20.8 Å². The van der Waals surface area contributed by atoms with Crippen LogP contribution in [0.2, 0.25) is 18.1 Å². The summed E-state index contributed by atoms with van der Waals surface area (Å²) in [6.07, 6.45) is 2.93. The first kappa shape index (κ1) is 19.5. The molecule has 1 amide bonds. The maximum absolute atomic E-state index is 11.1. The second-order valence-corrected chi connectivity index (χ2v) is 13.0. The Morgan fingerprint density at radius 1 is 1.44 bits per heavy atom. The number of carbonyl (C=O) groups is 1. The smallest absolute Gasteiger partial charge is 0.404 e. The third-order valence-electron chi connectivity index (χ3n) is 5.18. The molecule has 1 aliphatic heterocycles. The van der Waals surface area contributed by atoms with Gasteiger partial charge in [-0.25, -0.2) is 4.79 Å². The number of nitrogen functional groups attached to an aromatic ring is 1. The first-order chi connectivity index (χ1) is 11.5. The van der Waals surface area contributed by atoms with Gasteiger partial charge in [0, 0.05) is 19.3 Å². The Bertz CT molecular complexity index is 618. The highest BCUT2D eigenvalue weighted by atomic mass is 28.4. The molecule has 8 heteroatoms. The van der Waals surface area contributed by atoms with Crippen molar-refractivity contribution in [1.82, 2.24) is 10.3 Å². The first-order valence-electron chi connectivity index (χ1n) is 8.61. The lowest BCUT2D eigenvalue weighted by molar-refractivity contribution is 0.138. The van der Waals surface area contributed by atoms with E-state index in [9.17, 15) is 4.79 Å². The van der Waals surface area contributed by atoms with Crippen molar-refractivity contribution in [3.8, 4) is 0 Å². The van der Waals surface area contributed by atoms with Crippen molar-refractivity contribution in [2.24, 2.45) is 0 Å². The molecule has 7 nitrogen and oxygen atoms in total. The second-order valence-electron chi connectivity index (χ2n) is 8.22. The number of amides is 1. The maximum atomic E-state index is 11.1. The quantitative estimate of drug-likeness (QED) is 0.708. The zero-order valence-electron chi connectivity index (χ0n) is 15.7. The van der Waals surface area contributed by atoms with Crippen molar-refractivity contribution in [3.63, 3.8) is 0 Å². The third-order valence-corrected chi connectivity index (χ3v) is 9.71. The molecule has 2 rings (SSSR count). The second kappa shape index (κ2) is 7.21. The highest BCUT2D eigenvalue weighted by Gasteiger charge is 2.41. The zero-order valence-corrected chi connectivity index (χ0v) is 16.7. The molecule has 0 bridgehead atoms. The summed E-state index contributed by atoms with van der Waals surface area (Å²) in [6, 6.07) is 1.66. The Morgan fingerprint density at radius 2 is 2.12 bits per heavy atom. The summed E-state index contributed by atoms with van der Waals surface area (Å²) in [5, 5.41) is 11.8. The van der Waals surface area contributed by atoms with Crippen LogP contribution in [0.15, 0.2) is 18.5 Å². The number of nitrogens with zero attached hydrogens (tertiary/aromatic N) is 2. The fourth-order valence-corrected chi connectivity index (χ4v) is 4.25. The summed E-state index contributed by atoms with van der Waals surface area (Å²) < 4.78 is 6.55. The van der Waals surface area contributed by atoms with Gasteiger partial charge in [-0.15, -0.1) is 0 Å². The Labute approximate surface area is 150 Å². The lowest BCUT2D eigenvalue weighted by Crippen LogP contribution is -2.56. The molecule has 0 spiro atoms. The van der Waals surface area contributed by atoms with Crippen LogP contribution in [0.3, 0.4) is 0 Å². The average Bonchev–Trinajstić information content (AvgIpc) is 2.44. The molecular formula is C17H30N4O3Si. The molecule has 1 aliphatic rings. The molecule has 25 heavy (non-hydrogen) atoms. The molecule has 2 unspecified atom stereocenters. The summed E-state index contributed by atoms with van der Waals surface area (Å²) in [4.78, 5) is 17.3. The van der Waals surface area contributed by atoms with Crippen molar-refractivity contribution in [3.05, 3.63) is 18.5 Å². The summed E-state index contributed by atoms with van der Waals surface area (Å²) >= 11 is 0. The fraction of sp³-hybridized carbons (Fsp3) is 0.647. The molecule has 140 valence electrons. The minimum atomic E-state index is -1.95. The van der Waals surface area contributed by atoms with Gasteiger partial charge >= 0.3 is 6.09 Å². The van der Waals surface area contributed by atoms with Crippen molar-refractivity contribution in [2.75, 3.05) is 23.7 Å². The van der Waals surface area contributed by atoms with Crippen LogP contribution in [0.25, 0.3) is 0 Å². The SMILES string of the molecule is CC(C)(C)[Si](C)(C)OC1CC(NC(=O)O)CN(c2ccncc2N)C1. The van der Waals surface area contributed by atoms with E-state index in [0.29, 0.717) is 25.2 Å². The van der Waals surface area contributed by atoms with E-state index in [4.69, 9.17) is 15.3 Å². The van der Waals surface area contributed by atoms with Crippen molar-refractivity contribution >= 4 is 25.8 Å². The Kier molecular flexibility index (Phi) is 5.63. The molecule has 2 atom stereocenters. The molecular weight excluding hydrogens is 336 g/mol. The van der Waals surface area contributed by atoms with Gasteiger partial charge in [-0.2, -0.15) is 0 Å². The molecule has 1 fully saturated rings. The highest BCUT2D eigenvalue weighted by molar-refractivity contribution is 6.74. The van der Waals surface area contributed by atoms with Gasteiger partial charge in [0.05, 0.1) is 29.7 Å². The summed E-state index contributed by atoms with van der Waals surface area (Å²) in [5.74, 6) is 0. The molecule has 2 heterocycles. The van der Waals surface area contributed by atoms with E-state index in [1.54, 1.807) is 12.4 Å². The van der Waals surface area contributed by atoms with Crippen LogP contribution in [0.4, 0.5) is 16.2 Å². The molecule has 0 saturated carbocycles. The molecule has 0 aliphatic carbocycles. The van der Waals surface area contributed by atoms with Crippen LogP contribution in [-0.4, -0.2) is 49.7 Å². The van der Waals surface area contributed by atoms with Gasteiger partial charge in [0.15, 0.2) is 8.32 Å². The summed E-state index contributed by atoms with van der Waals surface area (Å²) in [5.41, 5.74) is 7.53. The van der Waals surface area contributed by atoms with Gasteiger partial charge in [0.25, 0.3) is 0 Å². The monoisotopic (exact) mass is 366 g/mol. The predicted molar refractivity (Wildman–Crippen MR) is 102 cm³/mol. The van der Waals surface area contributed by atoms with E-state index >= 15 is 0 Å². The van der Waals surface area contributed by atoms with Crippen molar-refractivity contribution in [2.45, 2.75) is 57.5 Å². The van der Waals surface area contributed by atoms with Gasteiger partial charge in [0.2, 0.25) is 0 Å². The van der Waals surface area contributed by atoms with E-state index in [1.165, 1.54) is 0 Å². The lowest BCUT2D eigenvalue weighted by Gasteiger charge is -2.45. The van der Waals surface area contributed by atoms with Crippen molar-refractivity contribution in [1.29, 1.82) is 0 Å². The van der Waals surface area contributed by atoms with Gasteiger partial charge in [-0.05, 0) is 30.6 Å². The van der Waals surface area contributed by atoms with E-state index in [0.717, 1.165) is 5.69 Å². The topological polar surface area (TPSA) is 101 Å². The van der Waals surface area contributed by atoms with Gasteiger partial charge in [-0.3, -0.25) is 4.98 Å². The zero-order chi connectivity index (χ0) is 18.8. The van der Waals surface area contributed by atoms with Crippen molar-refractivity contribution < 1.29 is 14.3 Å². The largest absolute Gasteiger partial charge is 0.465 e. The number of hydrogen-bond acceptors (Lipinski definition) is 5. The molecule has 1 aromatic heterocycles. The summed E-state index contributed by atoms with van der Waals surface area (Å²) in [7, 11) is -1.95. The Hall–Kier alpha value is -1.80. The molecule has 1 saturated heterocycles. The van der Waals surface area contributed by atoms with Gasteiger partial charge < -0.3 is 25.5 Å². The fourth-order valence-electron chi connectivity index (χ4n) is 2.89. The van der Waals surface area contributed by atoms with Crippen LogP contribution < -0.4 is 16.0 Å². The number of rotatable bonds is 4. The molecule has 0 aromatic carbocycles. The van der Waals surface area contributed by atoms with Crippen LogP contribution in [0.1, 0.15) is 27.2 Å². The van der Waals surface area contributed by atoms with Crippen LogP contribution >= 0.6 is 0 Å². The Morgan fingerprint density at radius 3 is 2.68 bits per heavy atom. The minimum Gasteiger partial charge on any atom is -0.465 e. The van der Waals surface area contributed by atoms with Crippen LogP contribution in [0.5, 0.6) is 0 Å². The number of anilines is 2. The number of hydrogen-bond donors (Lipinski definition) is 3. The van der Waals surface area contributed by atoms with E-state index in [-0.39, 0.29) is 17.2 Å². The molecule has 1 aromatic rings. The average molecular weight is 367 g/mol. The van der Waals surface area contributed by atoms with Crippen LogP contribution in [-0.2, 0) is 4.43 Å². The maximum Gasteiger partial charge on any atom is 0.404 e. The first-order valence-corrected chi connectivity index (χ1v) is 11.5. The van der Waals surface area contributed by atoms with E-state index in [1.807, 2.05) is 6.07 Å².